The topological polar surface area (TPSA) is 12.9 Å². The summed E-state index contributed by atoms with van der Waals surface area (Å²) in [6.45, 7) is 0. The first-order valence-corrected chi connectivity index (χ1v) is 4.72. The second kappa shape index (κ2) is 3.33. The van der Waals surface area contributed by atoms with E-state index in [1.165, 1.54) is 0 Å². The fraction of sp³-hybridized carbons (Fsp3) is 0. The highest BCUT2D eigenvalue weighted by atomic mass is 35.5. The molecule has 0 fully saturated rings. The molecule has 0 aliphatic carbocycles. The lowest BCUT2D eigenvalue weighted by atomic mass is 10.2. The molecule has 0 amide bonds. The van der Waals surface area contributed by atoms with E-state index in [9.17, 15) is 0 Å². The zero-order valence-electron chi connectivity index (χ0n) is 6.39. The van der Waals surface area contributed by atoms with Gasteiger partial charge in [0.2, 0.25) is 0 Å². The summed E-state index contributed by atoms with van der Waals surface area (Å²) in [6, 6.07) is 5.23. The minimum absolute atomic E-state index is 0.446. The lowest BCUT2D eigenvalue weighted by molar-refractivity contribution is 1.41. The van der Waals surface area contributed by atoms with Gasteiger partial charge in [-0.25, -0.2) is 0 Å². The normalized spacial score (nSPS) is 10.7. The minimum atomic E-state index is 0.446. The molecule has 0 bridgehead atoms. The number of hydrogen-bond acceptors (Lipinski definition) is 1. The molecule has 0 saturated carbocycles. The van der Waals surface area contributed by atoms with Crippen LogP contribution in [0.15, 0.2) is 24.4 Å². The van der Waals surface area contributed by atoms with Gasteiger partial charge in [-0.3, -0.25) is 4.98 Å². The lowest BCUT2D eigenvalue weighted by Crippen LogP contribution is -1.81. The quantitative estimate of drug-likeness (QED) is 0.663. The Morgan fingerprint density at radius 1 is 0.923 bits per heavy atom. The van der Waals surface area contributed by atoms with E-state index in [0.717, 1.165) is 5.39 Å². The summed E-state index contributed by atoms with van der Waals surface area (Å²) in [4.78, 5) is 4.10. The zero-order chi connectivity index (χ0) is 9.42. The van der Waals surface area contributed by atoms with E-state index < -0.39 is 0 Å². The first-order valence-electron chi connectivity index (χ1n) is 3.58. The van der Waals surface area contributed by atoms with Gasteiger partial charge in [-0.05, 0) is 18.2 Å². The zero-order valence-corrected chi connectivity index (χ0v) is 8.66. The monoisotopic (exact) mass is 231 g/mol. The number of benzene rings is 1. The molecule has 1 aromatic carbocycles. The summed E-state index contributed by atoms with van der Waals surface area (Å²) in [5, 5.41) is 2.38. The predicted molar refractivity (Wildman–Crippen MR) is 56.8 cm³/mol. The molecular formula is C9H4Cl3N. The molecule has 0 spiro atoms. The van der Waals surface area contributed by atoms with Crippen molar-refractivity contribution >= 4 is 45.7 Å². The van der Waals surface area contributed by atoms with Gasteiger partial charge in [-0.1, -0.05) is 34.8 Å². The van der Waals surface area contributed by atoms with Gasteiger partial charge in [0.15, 0.2) is 0 Å². The van der Waals surface area contributed by atoms with Crippen molar-refractivity contribution in [3.63, 3.8) is 0 Å². The molecule has 1 nitrogen and oxygen atoms in total. The van der Waals surface area contributed by atoms with Crippen molar-refractivity contribution < 1.29 is 0 Å². The smallest absolute Gasteiger partial charge is 0.0918 e. The second-order valence-corrected chi connectivity index (χ2v) is 3.74. The number of hydrogen-bond donors (Lipinski definition) is 0. The van der Waals surface area contributed by atoms with Crippen LogP contribution in [0.4, 0.5) is 0 Å². The Morgan fingerprint density at radius 2 is 1.69 bits per heavy atom. The molecule has 2 aromatic rings. The van der Waals surface area contributed by atoms with E-state index in [0.29, 0.717) is 20.6 Å². The van der Waals surface area contributed by atoms with E-state index in [4.69, 9.17) is 34.8 Å². The Kier molecular flexibility index (Phi) is 2.33. The molecule has 4 heteroatoms. The third-order valence-corrected chi connectivity index (χ3v) is 2.87. The number of aromatic nitrogens is 1. The minimum Gasteiger partial charge on any atom is -0.255 e. The van der Waals surface area contributed by atoms with Crippen LogP contribution < -0.4 is 0 Å². The average Bonchev–Trinajstić information content (AvgIpc) is 2.12. The van der Waals surface area contributed by atoms with Crippen molar-refractivity contribution in [3.05, 3.63) is 39.5 Å². The van der Waals surface area contributed by atoms with Crippen molar-refractivity contribution in [2.45, 2.75) is 0 Å². The second-order valence-electron chi connectivity index (χ2n) is 2.55. The van der Waals surface area contributed by atoms with Crippen LogP contribution >= 0.6 is 34.8 Å². The highest BCUT2D eigenvalue weighted by Crippen LogP contribution is 2.32. The number of rotatable bonds is 0. The van der Waals surface area contributed by atoms with Gasteiger partial charge in [0, 0.05) is 11.6 Å². The van der Waals surface area contributed by atoms with Gasteiger partial charge < -0.3 is 0 Å². The summed E-state index contributed by atoms with van der Waals surface area (Å²) in [7, 11) is 0. The molecule has 0 unspecified atom stereocenters. The SMILES string of the molecule is Clc1ccc2c(Cl)ccnc2c1Cl. The van der Waals surface area contributed by atoms with E-state index in [1.807, 2.05) is 0 Å². The number of halogens is 3. The molecule has 0 aliphatic rings. The largest absolute Gasteiger partial charge is 0.255 e. The number of pyridine rings is 1. The van der Waals surface area contributed by atoms with Crippen molar-refractivity contribution in [3.8, 4) is 0 Å². The Hall–Kier alpha value is -0.500. The highest BCUT2D eigenvalue weighted by Gasteiger charge is 2.06. The van der Waals surface area contributed by atoms with Gasteiger partial charge in [-0.2, -0.15) is 0 Å². The first-order chi connectivity index (χ1) is 6.20. The van der Waals surface area contributed by atoms with Gasteiger partial charge in [0.1, 0.15) is 0 Å². The fourth-order valence-corrected chi connectivity index (χ4v) is 1.70. The first kappa shape index (κ1) is 9.07. The Balaban J connectivity index is 2.94. The Labute approximate surface area is 90.2 Å². The summed E-state index contributed by atoms with van der Waals surface area (Å²) in [5.74, 6) is 0. The molecule has 13 heavy (non-hydrogen) atoms. The third-order valence-electron chi connectivity index (χ3n) is 1.75. The molecule has 66 valence electrons. The summed E-state index contributed by atoms with van der Waals surface area (Å²) >= 11 is 17.7. The van der Waals surface area contributed by atoms with Gasteiger partial charge >= 0.3 is 0 Å². The maximum absolute atomic E-state index is 5.94. The van der Waals surface area contributed by atoms with Crippen molar-refractivity contribution in [2.75, 3.05) is 0 Å². The molecule has 1 aromatic heterocycles. The summed E-state index contributed by atoms with van der Waals surface area (Å²) in [5.41, 5.74) is 0.640. The maximum atomic E-state index is 5.94. The van der Waals surface area contributed by atoms with Crippen LogP contribution in [-0.4, -0.2) is 4.98 Å². The van der Waals surface area contributed by atoms with Crippen LogP contribution in [0.2, 0.25) is 15.1 Å². The summed E-state index contributed by atoms with van der Waals surface area (Å²) < 4.78 is 0. The van der Waals surface area contributed by atoms with Gasteiger partial charge in [0.05, 0.1) is 20.6 Å². The van der Waals surface area contributed by atoms with E-state index in [2.05, 4.69) is 4.98 Å². The molecule has 0 aliphatic heterocycles. The molecule has 1 heterocycles. The number of fused-ring (bicyclic) bond motifs is 1. The molecule has 0 radical (unpaired) electrons. The highest BCUT2D eigenvalue weighted by molar-refractivity contribution is 6.46. The molecule has 2 rings (SSSR count). The molecule has 0 saturated heterocycles. The van der Waals surface area contributed by atoms with Crippen LogP contribution in [0.25, 0.3) is 10.9 Å². The van der Waals surface area contributed by atoms with E-state index in [1.54, 1.807) is 24.4 Å². The van der Waals surface area contributed by atoms with Gasteiger partial charge in [-0.15, -0.1) is 0 Å². The third kappa shape index (κ3) is 1.48. The van der Waals surface area contributed by atoms with E-state index >= 15 is 0 Å². The summed E-state index contributed by atoms with van der Waals surface area (Å²) in [6.07, 6.45) is 1.60. The Morgan fingerprint density at radius 3 is 2.46 bits per heavy atom. The van der Waals surface area contributed by atoms with Crippen LogP contribution in [0.3, 0.4) is 0 Å². The van der Waals surface area contributed by atoms with Crippen LogP contribution in [0.1, 0.15) is 0 Å². The van der Waals surface area contributed by atoms with Crippen LogP contribution in [0, 0.1) is 0 Å². The van der Waals surface area contributed by atoms with Gasteiger partial charge in [0.25, 0.3) is 0 Å². The van der Waals surface area contributed by atoms with Crippen molar-refractivity contribution in [2.24, 2.45) is 0 Å². The fourth-order valence-electron chi connectivity index (χ4n) is 1.13. The molecular weight excluding hydrogens is 228 g/mol. The van der Waals surface area contributed by atoms with Crippen LogP contribution in [0.5, 0.6) is 0 Å². The standard InChI is InChI=1S/C9H4Cl3N/c10-6-3-4-13-9-5(6)1-2-7(11)8(9)12/h1-4H. The van der Waals surface area contributed by atoms with Crippen LogP contribution in [-0.2, 0) is 0 Å². The van der Waals surface area contributed by atoms with E-state index in [-0.39, 0.29) is 0 Å². The predicted octanol–water partition coefficient (Wildman–Crippen LogP) is 4.20. The molecule has 0 N–H and O–H groups in total. The lowest BCUT2D eigenvalue weighted by Gasteiger charge is -2.02. The Bertz CT molecular complexity index is 468. The van der Waals surface area contributed by atoms with Crippen molar-refractivity contribution in [1.82, 2.24) is 4.98 Å². The average molecular weight is 232 g/mol. The number of nitrogens with zero attached hydrogens (tertiary/aromatic N) is 1. The van der Waals surface area contributed by atoms with Crippen molar-refractivity contribution in [1.29, 1.82) is 0 Å². The molecule has 0 atom stereocenters. The maximum Gasteiger partial charge on any atom is 0.0918 e.